The third-order valence-corrected chi connectivity index (χ3v) is 3.64. The SMILES string of the molecule is COc1ccc(OC)c(C(C)NN2CCCCC2)c1. The lowest BCUT2D eigenvalue weighted by molar-refractivity contribution is 0.132. The Balaban J connectivity index is 2.09. The van der Waals surface area contributed by atoms with Crippen molar-refractivity contribution in [2.45, 2.75) is 32.2 Å². The van der Waals surface area contributed by atoms with Crippen LogP contribution in [-0.4, -0.2) is 32.3 Å². The number of methoxy groups -OCH3 is 2. The molecule has 1 saturated heterocycles. The molecule has 0 bridgehead atoms. The van der Waals surface area contributed by atoms with E-state index in [0.717, 1.165) is 30.2 Å². The quantitative estimate of drug-likeness (QED) is 0.886. The van der Waals surface area contributed by atoms with Gasteiger partial charge >= 0.3 is 0 Å². The van der Waals surface area contributed by atoms with Crippen molar-refractivity contribution in [1.29, 1.82) is 0 Å². The summed E-state index contributed by atoms with van der Waals surface area (Å²) in [7, 11) is 3.40. The van der Waals surface area contributed by atoms with Gasteiger partial charge in [-0.15, -0.1) is 0 Å². The molecule has 4 heteroatoms. The van der Waals surface area contributed by atoms with E-state index >= 15 is 0 Å². The lowest BCUT2D eigenvalue weighted by Gasteiger charge is -2.31. The summed E-state index contributed by atoms with van der Waals surface area (Å²) < 4.78 is 10.7. The molecule has 0 aliphatic carbocycles. The minimum atomic E-state index is 0.211. The summed E-state index contributed by atoms with van der Waals surface area (Å²) in [4.78, 5) is 0. The number of hydrazine groups is 1. The summed E-state index contributed by atoms with van der Waals surface area (Å²) in [6.45, 7) is 4.40. The molecule has 0 saturated carbocycles. The Morgan fingerprint density at radius 3 is 2.47 bits per heavy atom. The molecule has 0 aromatic heterocycles. The van der Waals surface area contributed by atoms with Gasteiger partial charge in [0.25, 0.3) is 0 Å². The van der Waals surface area contributed by atoms with Crippen molar-refractivity contribution in [3.05, 3.63) is 23.8 Å². The van der Waals surface area contributed by atoms with E-state index in [9.17, 15) is 0 Å². The van der Waals surface area contributed by atoms with Gasteiger partial charge in [-0.3, -0.25) is 0 Å². The molecule has 0 spiro atoms. The molecule has 1 N–H and O–H groups in total. The predicted molar refractivity (Wildman–Crippen MR) is 76.5 cm³/mol. The van der Waals surface area contributed by atoms with Gasteiger partial charge in [0.05, 0.1) is 14.2 Å². The van der Waals surface area contributed by atoms with Crippen LogP contribution in [-0.2, 0) is 0 Å². The average Bonchev–Trinajstić information content (AvgIpc) is 2.47. The largest absolute Gasteiger partial charge is 0.497 e. The Labute approximate surface area is 115 Å². The van der Waals surface area contributed by atoms with Gasteiger partial charge < -0.3 is 9.47 Å². The number of nitrogens with one attached hydrogen (secondary N) is 1. The van der Waals surface area contributed by atoms with Crippen molar-refractivity contribution in [3.8, 4) is 11.5 Å². The highest BCUT2D eigenvalue weighted by Gasteiger charge is 2.17. The minimum absolute atomic E-state index is 0.211. The Morgan fingerprint density at radius 2 is 1.84 bits per heavy atom. The van der Waals surface area contributed by atoms with Crippen LogP contribution >= 0.6 is 0 Å². The summed E-state index contributed by atoms with van der Waals surface area (Å²) in [6.07, 6.45) is 3.89. The monoisotopic (exact) mass is 264 g/mol. The predicted octanol–water partition coefficient (Wildman–Crippen LogP) is 2.76. The smallest absolute Gasteiger partial charge is 0.123 e. The van der Waals surface area contributed by atoms with Crippen molar-refractivity contribution in [2.75, 3.05) is 27.3 Å². The number of ether oxygens (including phenoxy) is 2. The molecule has 1 atom stereocenters. The second-order valence-electron chi connectivity index (χ2n) is 5.01. The maximum Gasteiger partial charge on any atom is 0.123 e. The molecule has 1 aromatic carbocycles. The van der Waals surface area contributed by atoms with Gasteiger partial charge in [0.15, 0.2) is 0 Å². The highest BCUT2D eigenvalue weighted by molar-refractivity contribution is 5.42. The number of benzene rings is 1. The molecule has 2 rings (SSSR count). The normalized spacial score (nSPS) is 18.1. The van der Waals surface area contributed by atoms with Crippen molar-refractivity contribution in [2.24, 2.45) is 0 Å². The van der Waals surface area contributed by atoms with Crippen molar-refractivity contribution in [1.82, 2.24) is 10.4 Å². The van der Waals surface area contributed by atoms with Gasteiger partial charge in [-0.2, -0.15) is 0 Å². The van der Waals surface area contributed by atoms with E-state index in [1.54, 1.807) is 14.2 Å². The summed E-state index contributed by atoms with van der Waals surface area (Å²) in [6, 6.07) is 6.14. The number of nitrogens with zero attached hydrogens (tertiary/aromatic N) is 1. The van der Waals surface area contributed by atoms with E-state index in [1.807, 2.05) is 18.2 Å². The molecule has 1 fully saturated rings. The van der Waals surface area contributed by atoms with E-state index in [-0.39, 0.29) is 6.04 Å². The molecule has 0 radical (unpaired) electrons. The zero-order valence-electron chi connectivity index (χ0n) is 12.1. The fourth-order valence-corrected chi connectivity index (χ4v) is 2.54. The number of hydrogen-bond acceptors (Lipinski definition) is 4. The Kier molecular flexibility index (Phi) is 5.05. The van der Waals surface area contributed by atoms with Gasteiger partial charge in [0.2, 0.25) is 0 Å². The van der Waals surface area contributed by atoms with E-state index in [2.05, 4.69) is 17.4 Å². The number of hydrogen-bond donors (Lipinski definition) is 1. The molecule has 19 heavy (non-hydrogen) atoms. The van der Waals surface area contributed by atoms with Crippen LogP contribution in [0, 0.1) is 0 Å². The van der Waals surface area contributed by atoms with Gasteiger partial charge in [0.1, 0.15) is 11.5 Å². The van der Waals surface area contributed by atoms with Crippen LogP contribution in [0.5, 0.6) is 11.5 Å². The van der Waals surface area contributed by atoms with E-state index in [0.29, 0.717) is 0 Å². The lowest BCUT2D eigenvalue weighted by atomic mass is 10.1. The van der Waals surface area contributed by atoms with Crippen LogP contribution in [0.15, 0.2) is 18.2 Å². The molecular formula is C15H24N2O2. The summed E-state index contributed by atoms with van der Waals surface area (Å²) >= 11 is 0. The van der Waals surface area contributed by atoms with Crippen molar-refractivity contribution in [3.63, 3.8) is 0 Å². The van der Waals surface area contributed by atoms with Crippen LogP contribution in [0.3, 0.4) is 0 Å². The Bertz CT molecular complexity index is 403. The number of rotatable bonds is 5. The third kappa shape index (κ3) is 3.61. The molecule has 1 aromatic rings. The first-order valence-electron chi connectivity index (χ1n) is 6.97. The summed E-state index contributed by atoms with van der Waals surface area (Å²) in [5.74, 6) is 1.76. The highest BCUT2D eigenvalue weighted by atomic mass is 16.5. The van der Waals surface area contributed by atoms with Gasteiger partial charge in [-0.1, -0.05) is 6.42 Å². The zero-order chi connectivity index (χ0) is 13.7. The fraction of sp³-hybridized carbons (Fsp3) is 0.600. The van der Waals surface area contributed by atoms with Crippen LogP contribution in [0.2, 0.25) is 0 Å². The fourth-order valence-electron chi connectivity index (χ4n) is 2.54. The Hall–Kier alpha value is -1.26. The molecule has 0 amide bonds. The molecule has 1 heterocycles. The van der Waals surface area contributed by atoms with Crippen LogP contribution in [0.4, 0.5) is 0 Å². The van der Waals surface area contributed by atoms with Gasteiger partial charge in [-0.25, -0.2) is 10.4 Å². The van der Waals surface area contributed by atoms with E-state index < -0.39 is 0 Å². The van der Waals surface area contributed by atoms with Gasteiger partial charge in [0, 0.05) is 24.7 Å². The number of piperidine rings is 1. The second kappa shape index (κ2) is 6.78. The topological polar surface area (TPSA) is 33.7 Å². The molecule has 1 unspecified atom stereocenters. The van der Waals surface area contributed by atoms with E-state index in [1.165, 1.54) is 19.3 Å². The van der Waals surface area contributed by atoms with Crippen molar-refractivity contribution < 1.29 is 9.47 Å². The molecule has 106 valence electrons. The molecule has 4 nitrogen and oxygen atoms in total. The van der Waals surface area contributed by atoms with Crippen LogP contribution < -0.4 is 14.9 Å². The van der Waals surface area contributed by atoms with Crippen molar-refractivity contribution >= 4 is 0 Å². The first-order chi connectivity index (χ1) is 9.24. The molecular weight excluding hydrogens is 240 g/mol. The van der Waals surface area contributed by atoms with Crippen LogP contribution in [0.25, 0.3) is 0 Å². The standard InChI is InChI=1S/C15H24N2O2/c1-12(16-17-9-5-4-6-10-17)14-11-13(18-2)7-8-15(14)19-3/h7-8,11-12,16H,4-6,9-10H2,1-3H3. The second-order valence-corrected chi connectivity index (χ2v) is 5.01. The maximum absolute atomic E-state index is 5.44. The minimum Gasteiger partial charge on any atom is -0.497 e. The summed E-state index contributed by atoms with van der Waals surface area (Å²) in [5.41, 5.74) is 4.69. The molecule has 1 aliphatic heterocycles. The third-order valence-electron chi connectivity index (χ3n) is 3.64. The molecule has 1 aliphatic rings. The average molecular weight is 264 g/mol. The maximum atomic E-state index is 5.44. The first-order valence-corrected chi connectivity index (χ1v) is 6.97. The van der Waals surface area contributed by atoms with E-state index in [4.69, 9.17) is 9.47 Å². The van der Waals surface area contributed by atoms with Gasteiger partial charge in [-0.05, 0) is 38.0 Å². The first kappa shape index (κ1) is 14.2. The van der Waals surface area contributed by atoms with Crippen LogP contribution in [0.1, 0.15) is 37.8 Å². The highest BCUT2D eigenvalue weighted by Crippen LogP contribution is 2.29. The lowest BCUT2D eigenvalue weighted by Crippen LogP contribution is -2.42. The zero-order valence-corrected chi connectivity index (χ0v) is 12.1. The Morgan fingerprint density at radius 1 is 1.11 bits per heavy atom. The summed E-state index contributed by atoms with van der Waals surface area (Å²) in [5, 5.41) is 2.31.